The molecular formula is C15H10FNO2S. The lowest BCUT2D eigenvalue weighted by molar-refractivity contribution is 0.0696. The van der Waals surface area contributed by atoms with Crippen LogP contribution in [0.15, 0.2) is 46.2 Å². The van der Waals surface area contributed by atoms with E-state index < -0.39 is 11.8 Å². The van der Waals surface area contributed by atoms with Crippen molar-refractivity contribution >= 4 is 17.7 Å². The molecule has 20 heavy (non-hydrogen) atoms. The van der Waals surface area contributed by atoms with Crippen LogP contribution in [0.3, 0.4) is 0 Å². The van der Waals surface area contributed by atoms with E-state index in [2.05, 4.69) is 6.07 Å². The topological polar surface area (TPSA) is 61.1 Å². The molecule has 0 aliphatic heterocycles. The lowest BCUT2D eigenvalue weighted by atomic mass is 10.1. The van der Waals surface area contributed by atoms with Crippen molar-refractivity contribution in [1.82, 2.24) is 0 Å². The number of carboxylic acids is 1. The average Bonchev–Trinajstić information content (AvgIpc) is 2.41. The lowest BCUT2D eigenvalue weighted by Crippen LogP contribution is -1.97. The summed E-state index contributed by atoms with van der Waals surface area (Å²) in [6.45, 7) is 1.80. The lowest BCUT2D eigenvalue weighted by Gasteiger charge is -2.06. The van der Waals surface area contributed by atoms with Crippen molar-refractivity contribution in [3.63, 3.8) is 0 Å². The number of aromatic carboxylic acids is 1. The summed E-state index contributed by atoms with van der Waals surface area (Å²) >= 11 is 1.13. The number of carboxylic acid groups (broad SMARTS) is 1. The SMILES string of the molecule is Cc1cc(Sc2cc(C(=O)O)ccc2F)ccc1C#N. The normalized spacial score (nSPS) is 10.1. The zero-order valence-corrected chi connectivity index (χ0v) is 11.4. The molecule has 3 nitrogen and oxygen atoms in total. The summed E-state index contributed by atoms with van der Waals surface area (Å²) in [5, 5.41) is 17.8. The van der Waals surface area contributed by atoms with Gasteiger partial charge in [-0.25, -0.2) is 9.18 Å². The minimum atomic E-state index is -1.09. The standard InChI is InChI=1S/C15H10FNO2S/c1-9-6-12(4-2-11(9)8-17)20-14-7-10(15(18)19)3-5-13(14)16/h2-7H,1H3,(H,18,19). The molecule has 0 saturated carbocycles. The quantitative estimate of drug-likeness (QED) is 0.931. The molecule has 0 saturated heterocycles. The molecule has 0 aromatic heterocycles. The van der Waals surface area contributed by atoms with Crippen molar-refractivity contribution in [1.29, 1.82) is 5.26 Å². The Hall–Kier alpha value is -2.32. The van der Waals surface area contributed by atoms with Gasteiger partial charge in [-0.1, -0.05) is 11.8 Å². The van der Waals surface area contributed by atoms with Gasteiger partial charge in [0, 0.05) is 9.79 Å². The predicted octanol–water partition coefficient (Wildman–Crippen LogP) is 3.86. The Morgan fingerprint density at radius 3 is 2.65 bits per heavy atom. The average molecular weight is 287 g/mol. The van der Waals surface area contributed by atoms with E-state index in [-0.39, 0.29) is 10.5 Å². The van der Waals surface area contributed by atoms with Crippen LogP contribution < -0.4 is 0 Å². The summed E-state index contributed by atoms with van der Waals surface area (Å²) in [5.41, 5.74) is 1.40. The first-order chi connectivity index (χ1) is 9.51. The zero-order valence-electron chi connectivity index (χ0n) is 10.6. The Bertz CT molecular complexity index is 722. The third-order valence-corrected chi connectivity index (χ3v) is 3.75. The van der Waals surface area contributed by atoms with Gasteiger partial charge in [0.2, 0.25) is 0 Å². The first-order valence-corrected chi connectivity index (χ1v) is 6.54. The minimum absolute atomic E-state index is 0.0410. The second-order valence-corrected chi connectivity index (χ2v) is 5.26. The second-order valence-electron chi connectivity index (χ2n) is 4.14. The maximum Gasteiger partial charge on any atom is 0.335 e. The van der Waals surface area contributed by atoms with Gasteiger partial charge in [0.1, 0.15) is 5.82 Å². The highest BCUT2D eigenvalue weighted by atomic mass is 32.2. The van der Waals surface area contributed by atoms with E-state index in [1.54, 1.807) is 25.1 Å². The smallest absolute Gasteiger partial charge is 0.335 e. The minimum Gasteiger partial charge on any atom is -0.478 e. The molecule has 0 radical (unpaired) electrons. The molecule has 0 spiro atoms. The van der Waals surface area contributed by atoms with E-state index >= 15 is 0 Å². The van der Waals surface area contributed by atoms with Crippen LogP contribution in [-0.2, 0) is 0 Å². The number of benzene rings is 2. The largest absolute Gasteiger partial charge is 0.478 e. The predicted molar refractivity (Wildman–Crippen MR) is 73.4 cm³/mol. The molecule has 100 valence electrons. The number of rotatable bonds is 3. The van der Waals surface area contributed by atoms with Crippen LogP contribution in [-0.4, -0.2) is 11.1 Å². The molecule has 0 heterocycles. The Morgan fingerprint density at radius 2 is 2.05 bits per heavy atom. The van der Waals surface area contributed by atoms with E-state index in [9.17, 15) is 9.18 Å². The van der Waals surface area contributed by atoms with Gasteiger partial charge in [0.25, 0.3) is 0 Å². The van der Waals surface area contributed by atoms with Crippen LogP contribution in [0.5, 0.6) is 0 Å². The van der Waals surface area contributed by atoms with Gasteiger partial charge in [-0.3, -0.25) is 0 Å². The molecule has 0 fully saturated rings. The molecule has 0 atom stereocenters. The summed E-state index contributed by atoms with van der Waals surface area (Å²) in [6.07, 6.45) is 0. The number of carbonyl (C=O) groups is 1. The van der Waals surface area contributed by atoms with Crippen molar-refractivity contribution < 1.29 is 14.3 Å². The van der Waals surface area contributed by atoms with Crippen molar-refractivity contribution in [3.05, 3.63) is 58.9 Å². The highest BCUT2D eigenvalue weighted by molar-refractivity contribution is 7.99. The van der Waals surface area contributed by atoms with Gasteiger partial charge in [-0.15, -0.1) is 0 Å². The summed E-state index contributed by atoms with van der Waals surface area (Å²) < 4.78 is 13.7. The van der Waals surface area contributed by atoms with Gasteiger partial charge in [0.05, 0.1) is 17.2 Å². The first kappa shape index (κ1) is 14.1. The highest BCUT2D eigenvalue weighted by Crippen LogP contribution is 2.31. The fraction of sp³-hybridized carbons (Fsp3) is 0.0667. The maximum absolute atomic E-state index is 13.7. The molecule has 0 aliphatic carbocycles. The number of hydrogen-bond donors (Lipinski definition) is 1. The van der Waals surface area contributed by atoms with Gasteiger partial charge in [0.15, 0.2) is 0 Å². The van der Waals surface area contributed by atoms with Crippen molar-refractivity contribution in [2.24, 2.45) is 0 Å². The maximum atomic E-state index is 13.7. The molecule has 0 unspecified atom stereocenters. The Kier molecular flexibility index (Phi) is 4.06. The fourth-order valence-electron chi connectivity index (χ4n) is 1.67. The van der Waals surface area contributed by atoms with E-state index in [0.29, 0.717) is 5.56 Å². The van der Waals surface area contributed by atoms with Crippen LogP contribution in [0.2, 0.25) is 0 Å². The number of aryl methyl sites for hydroxylation is 1. The fourth-order valence-corrected chi connectivity index (χ4v) is 2.64. The molecule has 2 rings (SSSR count). The van der Waals surface area contributed by atoms with E-state index in [1.807, 2.05) is 0 Å². The molecule has 0 aliphatic rings. The molecule has 1 N–H and O–H groups in total. The van der Waals surface area contributed by atoms with Crippen LogP contribution in [0.4, 0.5) is 4.39 Å². The van der Waals surface area contributed by atoms with Gasteiger partial charge >= 0.3 is 5.97 Å². The Balaban J connectivity index is 2.35. The Labute approximate surface area is 119 Å². The number of hydrogen-bond acceptors (Lipinski definition) is 3. The van der Waals surface area contributed by atoms with Crippen LogP contribution in [0.1, 0.15) is 21.5 Å². The third kappa shape index (κ3) is 2.98. The highest BCUT2D eigenvalue weighted by Gasteiger charge is 2.10. The number of nitrogens with zero attached hydrogens (tertiary/aromatic N) is 1. The molecule has 2 aromatic carbocycles. The van der Waals surface area contributed by atoms with E-state index in [4.69, 9.17) is 10.4 Å². The number of halogens is 1. The zero-order chi connectivity index (χ0) is 14.7. The van der Waals surface area contributed by atoms with E-state index in [1.165, 1.54) is 12.1 Å². The Morgan fingerprint density at radius 1 is 1.30 bits per heavy atom. The van der Waals surface area contributed by atoms with Crippen LogP contribution in [0.25, 0.3) is 0 Å². The van der Waals surface area contributed by atoms with Gasteiger partial charge in [-0.05, 0) is 48.9 Å². The van der Waals surface area contributed by atoms with Crippen molar-refractivity contribution in [2.75, 3.05) is 0 Å². The summed E-state index contributed by atoms with van der Waals surface area (Å²) in [7, 11) is 0. The van der Waals surface area contributed by atoms with Gasteiger partial charge in [-0.2, -0.15) is 5.26 Å². The number of nitriles is 1. The third-order valence-electron chi connectivity index (χ3n) is 2.72. The first-order valence-electron chi connectivity index (χ1n) is 5.72. The monoisotopic (exact) mass is 287 g/mol. The molecular weight excluding hydrogens is 277 g/mol. The van der Waals surface area contributed by atoms with Crippen LogP contribution in [0, 0.1) is 24.1 Å². The van der Waals surface area contributed by atoms with E-state index in [0.717, 1.165) is 28.3 Å². The summed E-state index contributed by atoms with van der Waals surface area (Å²) in [5.74, 6) is -1.56. The summed E-state index contributed by atoms with van der Waals surface area (Å²) in [4.78, 5) is 11.9. The van der Waals surface area contributed by atoms with Crippen molar-refractivity contribution in [3.8, 4) is 6.07 Å². The van der Waals surface area contributed by atoms with Gasteiger partial charge < -0.3 is 5.11 Å². The van der Waals surface area contributed by atoms with Crippen molar-refractivity contribution in [2.45, 2.75) is 16.7 Å². The molecule has 2 aromatic rings. The molecule has 5 heteroatoms. The molecule has 0 amide bonds. The van der Waals surface area contributed by atoms with Crippen LogP contribution >= 0.6 is 11.8 Å². The summed E-state index contributed by atoms with van der Waals surface area (Å²) in [6, 6.07) is 10.9. The second kappa shape index (κ2) is 5.76. The molecule has 0 bridgehead atoms.